The first-order chi connectivity index (χ1) is 14.9. The Morgan fingerprint density at radius 1 is 1.06 bits per heavy atom. The first-order valence-corrected chi connectivity index (χ1v) is 10.9. The zero-order valence-corrected chi connectivity index (χ0v) is 18.1. The van der Waals surface area contributed by atoms with Crippen LogP contribution in [0.15, 0.2) is 60.7 Å². The van der Waals surface area contributed by atoms with Crippen LogP contribution in [0.25, 0.3) is 0 Å². The van der Waals surface area contributed by atoms with Crippen LogP contribution in [-0.4, -0.2) is 51.5 Å². The Balaban J connectivity index is 1.34. The first-order valence-electron chi connectivity index (χ1n) is 10.0. The number of hydrogen-bond donors (Lipinski definition) is 1. The van der Waals surface area contributed by atoms with Gasteiger partial charge in [-0.1, -0.05) is 48.5 Å². The number of hydrogen-bond acceptors (Lipinski definition) is 6. The summed E-state index contributed by atoms with van der Waals surface area (Å²) in [5.74, 6) is -0.514. The number of rotatable bonds is 7. The summed E-state index contributed by atoms with van der Waals surface area (Å²) < 4.78 is 10.4. The van der Waals surface area contributed by atoms with Gasteiger partial charge < -0.3 is 19.7 Å². The Morgan fingerprint density at radius 3 is 2.39 bits per heavy atom. The predicted molar refractivity (Wildman–Crippen MR) is 116 cm³/mol. The molecule has 4 rings (SSSR count). The van der Waals surface area contributed by atoms with Crippen molar-refractivity contribution in [1.29, 1.82) is 0 Å². The molecule has 1 unspecified atom stereocenters. The molecule has 2 aliphatic rings. The Labute approximate surface area is 185 Å². The Hall–Kier alpha value is -3.00. The van der Waals surface area contributed by atoms with Crippen LogP contribution in [0.3, 0.4) is 0 Å². The highest BCUT2D eigenvalue weighted by atomic mass is 32.2. The van der Waals surface area contributed by atoms with Gasteiger partial charge in [0, 0.05) is 4.75 Å². The molecule has 3 atom stereocenters. The molecule has 2 aromatic carbocycles. The first kappa shape index (κ1) is 21.2. The van der Waals surface area contributed by atoms with E-state index in [0.717, 1.165) is 5.56 Å². The van der Waals surface area contributed by atoms with Gasteiger partial charge in [0.2, 0.25) is 5.91 Å². The Kier molecular flexibility index (Phi) is 5.91. The number of ether oxygens (including phenoxy) is 2. The predicted octanol–water partition coefficient (Wildman–Crippen LogP) is 2.36. The molecule has 7 nitrogen and oxygen atoms in total. The molecule has 2 heterocycles. The minimum absolute atomic E-state index is 0.153. The summed E-state index contributed by atoms with van der Waals surface area (Å²) >= 11 is 1.49. The fourth-order valence-electron chi connectivity index (χ4n) is 3.81. The van der Waals surface area contributed by atoms with E-state index in [4.69, 9.17) is 9.47 Å². The number of nitrogens with one attached hydrogen (secondary N) is 1. The number of benzene rings is 2. The lowest BCUT2D eigenvalue weighted by Gasteiger charge is -2.43. The number of fused-ring (bicyclic) bond motifs is 1. The molecule has 2 saturated heterocycles. The van der Waals surface area contributed by atoms with Crippen molar-refractivity contribution in [2.24, 2.45) is 0 Å². The van der Waals surface area contributed by atoms with Crippen LogP contribution in [-0.2, 0) is 25.7 Å². The molecular weight excluding hydrogens is 416 g/mol. The Morgan fingerprint density at radius 2 is 1.71 bits per heavy atom. The molecule has 0 spiro atoms. The molecule has 2 aliphatic heterocycles. The van der Waals surface area contributed by atoms with E-state index in [1.807, 2.05) is 62.4 Å². The maximum absolute atomic E-state index is 12.8. The van der Waals surface area contributed by atoms with Crippen molar-refractivity contribution in [3.8, 4) is 5.75 Å². The lowest BCUT2D eigenvalue weighted by molar-refractivity contribution is -0.165. The number of carbonyl (C=O) groups is 3. The average molecular weight is 441 g/mol. The zero-order valence-electron chi connectivity index (χ0n) is 17.3. The summed E-state index contributed by atoms with van der Waals surface area (Å²) in [5, 5.41) is 2.43. The fourth-order valence-corrected chi connectivity index (χ4v) is 5.44. The second-order valence-electron chi connectivity index (χ2n) is 8.00. The van der Waals surface area contributed by atoms with Crippen molar-refractivity contribution >= 4 is 29.5 Å². The van der Waals surface area contributed by atoms with Gasteiger partial charge in [0.1, 0.15) is 29.8 Å². The maximum atomic E-state index is 12.8. The van der Waals surface area contributed by atoms with Gasteiger partial charge in [-0.3, -0.25) is 9.59 Å². The van der Waals surface area contributed by atoms with Crippen LogP contribution >= 0.6 is 11.8 Å². The van der Waals surface area contributed by atoms with E-state index in [1.165, 1.54) is 16.7 Å². The fraction of sp³-hybridized carbons (Fsp3) is 0.348. The summed E-state index contributed by atoms with van der Waals surface area (Å²) in [4.78, 5) is 39.4. The summed E-state index contributed by atoms with van der Waals surface area (Å²) in [7, 11) is 0. The lowest BCUT2D eigenvalue weighted by Crippen LogP contribution is -2.71. The van der Waals surface area contributed by atoms with Crippen molar-refractivity contribution in [3.05, 3.63) is 66.2 Å². The molecule has 1 N–H and O–H groups in total. The summed E-state index contributed by atoms with van der Waals surface area (Å²) in [6.07, 6.45) is 0. The standard InChI is InChI=1S/C23H24N2O5S/c1-23(2)19(22(28)30-13-15-9-5-3-6-10-15)25-20(27)18(21(25)31-23)24-17(26)14-29-16-11-7-4-8-12-16/h3-12,18-19,21H,13-14H2,1-2H3,(H,24,26)/t18-,19?,21-/m1/s1. The molecule has 0 aromatic heterocycles. The molecule has 0 bridgehead atoms. The quantitative estimate of drug-likeness (QED) is 0.526. The van der Waals surface area contributed by atoms with Crippen molar-refractivity contribution in [3.63, 3.8) is 0 Å². The van der Waals surface area contributed by atoms with Gasteiger partial charge in [-0.25, -0.2) is 4.79 Å². The van der Waals surface area contributed by atoms with Gasteiger partial charge in [-0.15, -0.1) is 11.8 Å². The van der Waals surface area contributed by atoms with Gasteiger partial charge in [0.25, 0.3) is 5.91 Å². The third-order valence-corrected chi connectivity index (χ3v) is 6.89. The zero-order chi connectivity index (χ0) is 22.0. The van der Waals surface area contributed by atoms with E-state index in [2.05, 4.69) is 5.32 Å². The van der Waals surface area contributed by atoms with Crippen LogP contribution in [0.2, 0.25) is 0 Å². The second-order valence-corrected chi connectivity index (χ2v) is 9.77. The largest absolute Gasteiger partial charge is 0.484 e. The van der Waals surface area contributed by atoms with Crippen LogP contribution < -0.4 is 10.1 Å². The number of esters is 1. The van der Waals surface area contributed by atoms with Crippen molar-refractivity contribution in [2.45, 2.75) is 42.7 Å². The maximum Gasteiger partial charge on any atom is 0.330 e. The normalized spacial score (nSPS) is 23.5. The van der Waals surface area contributed by atoms with Crippen LogP contribution in [0.4, 0.5) is 0 Å². The minimum atomic E-state index is -0.701. The second kappa shape index (κ2) is 8.63. The summed E-state index contributed by atoms with van der Waals surface area (Å²) in [6.45, 7) is 3.79. The van der Waals surface area contributed by atoms with Crippen molar-refractivity contribution < 1.29 is 23.9 Å². The molecule has 0 radical (unpaired) electrons. The van der Waals surface area contributed by atoms with E-state index in [-0.39, 0.29) is 30.4 Å². The Bertz CT molecular complexity index is 966. The van der Waals surface area contributed by atoms with E-state index in [1.54, 1.807) is 12.1 Å². The smallest absolute Gasteiger partial charge is 0.330 e. The topological polar surface area (TPSA) is 84.9 Å². The molecule has 2 fully saturated rings. The molecule has 162 valence electrons. The van der Waals surface area contributed by atoms with Crippen molar-refractivity contribution in [2.75, 3.05) is 6.61 Å². The number of thioether (sulfide) groups is 1. The van der Waals surface area contributed by atoms with Crippen LogP contribution in [0, 0.1) is 0 Å². The number of amides is 2. The van der Waals surface area contributed by atoms with Gasteiger partial charge in [0.15, 0.2) is 6.61 Å². The third kappa shape index (κ3) is 4.39. The highest BCUT2D eigenvalue weighted by Crippen LogP contribution is 2.51. The molecule has 31 heavy (non-hydrogen) atoms. The lowest BCUT2D eigenvalue weighted by atomic mass is 9.96. The summed E-state index contributed by atoms with van der Waals surface area (Å²) in [5.41, 5.74) is 0.884. The number of β-lactam (4-membered cyclic amide) rings is 1. The molecular formula is C23H24N2O5S. The van der Waals surface area contributed by atoms with E-state index < -0.39 is 22.8 Å². The van der Waals surface area contributed by atoms with Crippen LogP contribution in [0.5, 0.6) is 5.75 Å². The monoisotopic (exact) mass is 440 g/mol. The molecule has 8 heteroatoms. The summed E-state index contributed by atoms with van der Waals surface area (Å²) in [6, 6.07) is 17.0. The molecule has 2 amide bonds. The van der Waals surface area contributed by atoms with Gasteiger partial charge in [-0.2, -0.15) is 0 Å². The highest BCUT2D eigenvalue weighted by Gasteiger charge is 2.64. The van der Waals surface area contributed by atoms with Gasteiger partial charge >= 0.3 is 5.97 Å². The van der Waals surface area contributed by atoms with Gasteiger partial charge in [-0.05, 0) is 31.5 Å². The molecule has 0 saturated carbocycles. The minimum Gasteiger partial charge on any atom is -0.484 e. The third-order valence-electron chi connectivity index (χ3n) is 5.32. The van der Waals surface area contributed by atoms with E-state index in [9.17, 15) is 14.4 Å². The van der Waals surface area contributed by atoms with E-state index in [0.29, 0.717) is 5.75 Å². The number of nitrogens with zero attached hydrogens (tertiary/aromatic N) is 1. The highest BCUT2D eigenvalue weighted by molar-refractivity contribution is 8.01. The van der Waals surface area contributed by atoms with Crippen molar-refractivity contribution in [1.82, 2.24) is 10.2 Å². The van der Waals surface area contributed by atoms with E-state index >= 15 is 0 Å². The number of carbonyl (C=O) groups excluding carboxylic acids is 3. The molecule has 2 aromatic rings. The average Bonchev–Trinajstić information content (AvgIpc) is 3.03. The SMILES string of the molecule is CC1(C)S[C@@H]2[C@H](NC(=O)COc3ccccc3)C(=O)N2C1C(=O)OCc1ccccc1. The number of para-hydroxylation sites is 1. The molecule has 0 aliphatic carbocycles. The van der Waals surface area contributed by atoms with Gasteiger partial charge in [0.05, 0.1) is 0 Å². The van der Waals surface area contributed by atoms with Crippen LogP contribution in [0.1, 0.15) is 19.4 Å².